The van der Waals surface area contributed by atoms with Crippen LogP contribution in [-0.4, -0.2) is 16.5 Å². The Labute approximate surface area is 126 Å². The van der Waals surface area contributed by atoms with E-state index in [0.717, 1.165) is 6.07 Å². The van der Waals surface area contributed by atoms with E-state index in [1.54, 1.807) is 19.1 Å². The Morgan fingerprint density at radius 1 is 1.18 bits per heavy atom. The second kappa shape index (κ2) is 6.46. The summed E-state index contributed by atoms with van der Waals surface area (Å²) in [5, 5.41) is 5.67. The molecule has 0 aliphatic heterocycles. The lowest BCUT2D eigenvalue weighted by Crippen LogP contribution is -2.10. The molecule has 1 heterocycles. The molecule has 0 fully saturated rings. The fourth-order valence-electron chi connectivity index (χ4n) is 1.88. The minimum Gasteiger partial charge on any atom is -0.366 e. The van der Waals surface area contributed by atoms with E-state index in [-0.39, 0.29) is 11.5 Å². The smallest absolute Gasteiger partial charge is 0.366 e. The van der Waals surface area contributed by atoms with Crippen molar-refractivity contribution in [2.45, 2.75) is 13.1 Å². The number of halogens is 3. The van der Waals surface area contributed by atoms with E-state index in [1.807, 2.05) is 0 Å². The summed E-state index contributed by atoms with van der Waals surface area (Å²) in [6.45, 7) is 5.74. The van der Waals surface area contributed by atoms with E-state index in [1.165, 1.54) is 18.2 Å². The zero-order valence-corrected chi connectivity index (χ0v) is 11.9. The summed E-state index contributed by atoms with van der Waals surface area (Å²) in [4.78, 5) is 8.26. The van der Waals surface area contributed by atoms with Gasteiger partial charge < -0.3 is 10.6 Å². The number of rotatable bonds is 5. The van der Waals surface area contributed by atoms with Crippen molar-refractivity contribution in [3.05, 3.63) is 54.4 Å². The van der Waals surface area contributed by atoms with Crippen molar-refractivity contribution in [3.63, 3.8) is 0 Å². The lowest BCUT2D eigenvalue weighted by atomic mass is 10.1. The zero-order valence-electron chi connectivity index (χ0n) is 11.9. The molecule has 0 unspecified atom stereocenters. The van der Waals surface area contributed by atoms with Gasteiger partial charge in [-0.1, -0.05) is 18.2 Å². The van der Waals surface area contributed by atoms with Crippen LogP contribution in [0.5, 0.6) is 0 Å². The topological polar surface area (TPSA) is 49.8 Å². The van der Waals surface area contributed by atoms with Crippen molar-refractivity contribution < 1.29 is 13.2 Å². The molecule has 22 heavy (non-hydrogen) atoms. The maximum Gasteiger partial charge on any atom is 0.418 e. The summed E-state index contributed by atoms with van der Waals surface area (Å²) in [6.07, 6.45) is -2.78. The van der Waals surface area contributed by atoms with Crippen molar-refractivity contribution in [2.24, 2.45) is 0 Å². The SMILES string of the molecule is C=CCNc1cc(Nc2ccccc2C(F)(F)F)nc(C)n1. The fraction of sp³-hybridized carbons (Fsp3) is 0.200. The third kappa shape index (κ3) is 3.97. The van der Waals surface area contributed by atoms with Crippen LogP contribution in [0.2, 0.25) is 0 Å². The molecule has 0 bridgehead atoms. The Bertz CT molecular complexity index is 668. The van der Waals surface area contributed by atoms with Crippen LogP contribution < -0.4 is 10.6 Å². The van der Waals surface area contributed by atoms with Gasteiger partial charge in [0.05, 0.1) is 11.3 Å². The van der Waals surface area contributed by atoms with Gasteiger partial charge in [0, 0.05) is 12.6 Å². The third-order valence-electron chi connectivity index (χ3n) is 2.76. The van der Waals surface area contributed by atoms with Gasteiger partial charge in [-0.15, -0.1) is 6.58 Å². The van der Waals surface area contributed by atoms with Gasteiger partial charge in [0.2, 0.25) is 0 Å². The van der Waals surface area contributed by atoms with Crippen molar-refractivity contribution in [2.75, 3.05) is 17.2 Å². The molecule has 0 spiro atoms. The molecule has 0 radical (unpaired) electrons. The Kier molecular flexibility index (Phi) is 4.65. The minimum absolute atomic E-state index is 0.0530. The second-order valence-electron chi connectivity index (χ2n) is 4.52. The number of alkyl halides is 3. The Morgan fingerprint density at radius 2 is 1.86 bits per heavy atom. The molecule has 0 saturated carbocycles. The number of hydrogen-bond acceptors (Lipinski definition) is 4. The highest BCUT2D eigenvalue weighted by Gasteiger charge is 2.33. The van der Waals surface area contributed by atoms with Crippen LogP contribution in [0, 0.1) is 6.92 Å². The number of para-hydroxylation sites is 1. The monoisotopic (exact) mass is 308 g/mol. The molecule has 0 atom stereocenters. The molecule has 0 aliphatic rings. The summed E-state index contributed by atoms with van der Waals surface area (Å²) >= 11 is 0. The lowest BCUT2D eigenvalue weighted by molar-refractivity contribution is -0.136. The minimum atomic E-state index is -4.43. The fourth-order valence-corrected chi connectivity index (χ4v) is 1.88. The maximum atomic E-state index is 13.0. The van der Waals surface area contributed by atoms with E-state index in [4.69, 9.17) is 0 Å². The largest absolute Gasteiger partial charge is 0.418 e. The van der Waals surface area contributed by atoms with Crippen LogP contribution in [0.4, 0.5) is 30.5 Å². The van der Waals surface area contributed by atoms with E-state index < -0.39 is 11.7 Å². The zero-order chi connectivity index (χ0) is 16.2. The normalized spacial score (nSPS) is 11.1. The number of aromatic nitrogens is 2. The first kappa shape index (κ1) is 15.8. The van der Waals surface area contributed by atoms with Gasteiger partial charge in [-0.3, -0.25) is 0 Å². The van der Waals surface area contributed by atoms with Gasteiger partial charge in [-0.05, 0) is 19.1 Å². The van der Waals surface area contributed by atoms with E-state index in [9.17, 15) is 13.2 Å². The van der Waals surface area contributed by atoms with Gasteiger partial charge >= 0.3 is 6.18 Å². The lowest BCUT2D eigenvalue weighted by Gasteiger charge is -2.14. The first-order valence-electron chi connectivity index (χ1n) is 6.54. The number of hydrogen-bond donors (Lipinski definition) is 2. The summed E-state index contributed by atoms with van der Waals surface area (Å²) in [6, 6.07) is 6.80. The van der Waals surface area contributed by atoms with Crippen LogP contribution in [0.1, 0.15) is 11.4 Å². The number of anilines is 3. The van der Waals surface area contributed by atoms with Gasteiger partial charge in [0.25, 0.3) is 0 Å². The molecular formula is C15H15F3N4. The molecule has 0 saturated heterocycles. The van der Waals surface area contributed by atoms with Gasteiger partial charge in [-0.2, -0.15) is 13.2 Å². The average molecular weight is 308 g/mol. The standard InChI is InChI=1S/C15H15F3N4/c1-3-8-19-13-9-14(21-10(2)20-13)22-12-7-5-4-6-11(12)15(16,17)18/h3-7,9H,1,8H2,2H3,(H2,19,20,21,22). The van der Waals surface area contributed by atoms with Crippen molar-refractivity contribution >= 4 is 17.3 Å². The molecule has 1 aromatic carbocycles. The molecule has 0 aliphatic carbocycles. The highest BCUT2D eigenvalue weighted by molar-refractivity contribution is 5.63. The molecule has 4 nitrogen and oxygen atoms in total. The van der Waals surface area contributed by atoms with E-state index >= 15 is 0 Å². The molecule has 2 aromatic rings. The molecule has 7 heteroatoms. The Morgan fingerprint density at radius 3 is 2.55 bits per heavy atom. The number of aryl methyl sites for hydroxylation is 1. The quantitative estimate of drug-likeness (QED) is 0.815. The third-order valence-corrected chi connectivity index (χ3v) is 2.76. The van der Waals surface area contributed by atoms with E-state index in [0.29, 0.717) is 18.2 Å². The molecule has 1 aromatic heterocycles. The van der Waals surface area contributed by atoms with Crippen molar-refractivity contribution in [3.8, 4) is 0 Å². The van der Waals surface area contributed by atoms with Crippen LogP contribution in [-0.2, 0) is 6.18 Å². The van der Waals surface area contributed by atoms with Crippen LogP contribution in [0.3, 0.4) is 0 Å². The van der Waals surface area contributed by atoms with Crippen molar-refractivity contribution in [1.82, 2.24) is 9.97 Å². The molecule has 2 rings (SSSR count). The highest BCUT2D eigenvalue weighted by Crippen LogP contribution is 2.35. The second-order valence-corrected chi connectivity index (χ2v) is 4.52. The number of nitrogens with one attached hydrogen (secondary N) is 2. The summed E-state index contributed by atoms with van der Waals surface area (Å²) in [5.41, 5.74) is -0.797. The number of nitrogens with zero attached hydrogens (tertiary/aromatic N) is 2. The number of benzene rings is 1. The average Bonchev–Trinajstić information content (AvgIpc) is 2.44. The van der Waals surface area contributed by atoms with E-state index in [2.05, 4.69) is 27.2 Å². The van der Waals surface area contributed by atoms with Gasteiger partial charge in [-0.25, -0.2) is 9.97 Å². The van der Waals surface area contributed by atoms with Crippen molar-refractivity contribution in [1.29, 1.82) is 0 Å². The predicted molar refractivity (Wildman–Crippen MR) is 80.2 cm³/mol. The molecule has 2 N–H and O–H groups in total. The first-order valence-corrected chi connectivity index (χ1v) is 6.54. The summed E-state index contributed by atoms with van der Waals surface area (Å²) < 4.78 is 38.9. The van der Waals surface area contributed by atoms with Crippen LogP contribution in [0.15, 0.2) is 43.0 Å². The molecule has 116 valence electrons. The summed E-state index contributed by atoms with van der Waals surface area (Å²) in [7, 11) is 0. The molecular weight excluding hydrogens is 293 g/mol. The maximum absolute atomic E-state index is 13.0. The Balaban J connectivity index is 2.31. The molecule has 0 amide bonds. The predicted octanol–water partition coefficient (Wildman–Crippen LogP) is 4.15. The van der Waals surface area contributed by atoms with Crippen LogP contribution >= 0.6 is 0 Å². The summed E-state index contributed by atoms with van der Waals surface area (Å²) in [5.74, 6) is 1.25. The van der Waals surface area contributed by atoms with Gasteiger partial charge in [0.15, 0.2) is 0 Å². The Hall–Kier alpha value is -2.57. The van der Waals surface area contributed by atoms with Crippen LogP contribution in [0.25, 0.3) is 0 Å². The first-order chi connectivity index (χ1) is 10.4. The van der Waals surface area contributed by atoms with Gasteiger partial charge in [0.1, 0.15) is 17.5 Å². The highest BCUT2D eigenvalue weighted by atomic mass is 19.4.